The number of alkyl halides is 3. The highest BCUT2D eigenvalue weighted by molar-refractivity contribution is 7.89. The molecule has 0 aliphatic rings. The third-order valence-electron chi connectivity index (χ3n) is 4.37. The van der Waals surface area contributed by atoms with Gasteiger partial charge in [0.05, 0.1) is 12.2 Å². The molecule has 2 N–H and O–H groups in total. The second-order valence-corrected chi connectivity index (χ2v) is 8.10. The highest BCUT2D eigenvalue weighted by atomic mass is 32.2. The number of aromatic nitrogens is 1. The normalized spacial score (nSPS) is 12.6. The van der Waals surface area contributed by atoms with Crippen LogP contribution in [0, 0.1) is 5.82 Å². The summed E-state index contributed by atoms with van der Waals surface area (Å²) >= 11 is 0. The molecule has 10 heteroatoms. The summed E-state index contributed by atoms with van der Waals surface area (Å²) in [6.45, 7) is -0.154. The van der Waals surface area contributed by atoms with Crippen molar-refractivity contribution in [1.82, 2.24) is 9.71 Å². The Morgan fingerprint density at radius 2 is 1.79 bits per heavy atom. The van der Waals surface area contributed by atoms with Crippen LogP contribution in [0.15, 0.2) is 47.5 Å². The summed E-state index contributed by atoms with van der Waals surface area (Å²) in [5, 5.41) is -0.117. The van der Waals surface area contributed by atoms with Gasteiger partial charge in [-0.25, -0.2) is 17.5 Å². The zero-order valence-corrected chi connectivity index (χ0v) is 16.1. The summed E-state index contributed by atoms with van der Waals surface area (Å²) in [6, 6.07) is 8.61. The van der Waals surface area contributed by atoms with E-state index in [1.807, 2.05) is 0 Å². The third-order valence-corrected chi connectivity index (χ3v) is 5.84. The standard InChI is InChI=1S/C19H18F4N2O3S/c1-28-11-16-15-10-13(19(21,22)23)4-7-17(15)25-18(16)29(26,27)24-9-8-12-2-5-14(20)6-3-12/h2-7,10,24-25H,8-9,11H2,1H3. The maximum Gasteiger partial charge on any atom is 0.416 e. The fraction of sp³-hybridized carbons (Fsp3) is 0.263. The van der Waals surface area contributed by atoms with Gasteiger partial charge in [-0.05, 0) is 42.3 Å². The van der Waals surface area contributed by atoms with Crippen molar-refractivity contribution in [3.8, 4) is 0 Å². The van der Waals surface area contributed by atoms with Gasteiger partial charge >= 0.3 is 6.18 Å². The van der Waals surface area contributed by atoms with E-state index in [1.165, 1.54) is 25.3 Å². The van der Waals surface area contributed by atoms with Crippen LogP contribution < -0.4 is 4.72 Å². The van der Waals surface area contributed by atoms with E-state index >= 15 is 0 Å². The lowest BCUT2D eigenvalue weighted by atomic mass is 10.1. The second-order valence-electron chi connectivity index (χ2n) is 6.40. The van der Waals surface area contributed by atoms with Gasteiger partial charge in [-0.15, -0.1) is 0 Å². The molecule has 1 aromatic heterocycles. The monoisotopic (exact) mass is 430 g/mol. The fourth-order valence-electron chi connectivity index (χ4n) is 2.97. The number of aromatic amines is 1. The summed E-state index contributed by atoms with van der Waals surface area (Å²) in [5.74, 6) is -0.394. The van der Waals surface area contributed by atoms with Gasteiger partial charge in [-0.3, -0.25) is 0 Å². The summed E-state index contributed by atoms with van der Waals surface area (Å²) < 4.78 is 84.9. The van der Waals surface area contributed by atoms with Gasteiger partial charge in [-0.1, -0.05) is 12.1 Å². The van der Waals surface area contributed by atoms with Gasteiger partial charge in [0.2, 0.25) is 0 Å². The Labute approximate surface area is 164 Å². The van der Waals surface area contributed by atoms with Crippen LogP contribution in [0.3, 0.4) is 0 Å². The predicted molar refractivity (Wildman–Crippen MR) is 99.3 cm³/mol. The first-order valence-corrected chi connectivity index (χ1v) is 10.0. The average Bonchev–Trinajstić information content (AvgIpc) is 3.02. The van der Waals surface area contributed by atoms with Crippen LogP contribution in [0.4, 0.5) is 17.6 Å². The maximum atomic E-state index is 13.0. The largest absolute Gasteiger partial charge is 0.416 e. The second kappa shape index (κ2) is 8.13. The summed E-state index contributed by atoms with van der Waals surface area (Å²) in [5.41, 5.74) is 0.221. The first kappa shape index (κ1) is 21.3. The maximum absolute atomic E-state index is 13.0. The smallest absolute Gasteiger partial charge is 0.380 e. The van der Waals surface area contributed by atoms with Crippen LogP contribution in [0.5, 0.6) is 0 Å². The lowest BCUT2D eigenvalue weighted by Gasteiger charge is -2.09. The topological polar surface area (TPSA) is 71.2 Å². The van der Waals surface area contributed by atoms with E-state index in [4.69, 9.17) is 4.74 Å². The Morgan fingerprint density at radius 1 is 1.10 bits per heavy atom. The molecule has 0 saturated carbocycles. The number of nitrogens with one attached hydrogen (secondary N) is 2. The minimum absolute atomic E-state index is 0.0313. The Kier molecular flexibility index (Phi) is 5.97. The number of hydrogen-bond acceptors (Lipinski definition) is 3. The summed E-state index contributed by atoms with van der Waals surface area (Å²) in [4.78, 5) is 2.68. The van der Waals surface area contributed by atoms with Crippen molar-refractivity contribution >= 4 is 20.9 Å². The van der Waals surface area contributed by atoms with E-state index in [-0.39, 0.29) is 34.6 Å². The number of rotatable bonds is 7. The summed E-state index contributed by atoms with van der Waals surface area (Å²) in [7, 11) is -2.72. The van der Waals surface area contributed by atoms with Gasteiger partial charge < -0.3 is 9.72 Å². The van der Waals surface area contributed by atoms with Crippen molar-refractivity contribution < 1.29 is 30.7 Å². The van der Waals surface area contributed by atoms with Crippen LogP contribution >= 0.6 is 0 Å². The van der Waals surface area contributed by atoms with E-state index in [2.05, 4.69) is 9.71 Å². The molecule has 29 heavy (non-hydrogen) atoms. The van der Waals surface area contributed by atoms with Crippen molar-refractivity contribution in [1.29, 1.82) is 0 Å². The fourth-order valence-corrected chi connectivity index (χ4v) is 4.22. The van der Waals surface area contributed by atoms with E-state index in [9.17, 15) is 26.0 Å². The number of sulfonamides is 1. The zero-order valence-electron chi connectivity index (χ0n) is 15.3. The molecule has 0 aliphatic heterocycles. The molecule has 0 fully saturated rings. The van der Waals surface area contributed by atoms with Gasteiger partial charge in [0, 0.05) is 30.1 Å². The molecule has 3 rings (SSSR count). The van der Waals surface area contributed by atoms with Crippen LogP contribution in [-0.2, 0) is 34.0 Å². The number of fused-ring (bicyclic) bond motifs is 1. The van der Waals surface area contributed by atoms with Crippen LogP contribution in [0.25, 0.3) is 10.9 Å². The molecule has 0 saturated heterocycles. The van der Waals surface area contributed by atoms with Gasteiger partial charge in [-0.2, -0.15) is 13.2 Å². The molecule has 1 heterocycles. The van der Waals surface area contributed by atoms with Crippen molar-refractivity contribution in [2.45, 2.75) is 24.2 Å². The van der Waals surface area contributed by atoms with Crippen LogP contribution in [0.1, 0.15) is 16.7 Å². The minimum Gasteiger partial charge on any atom is -0.380 e. The number of halogens is 4. The predicted octanol–water partition coefficient (Wildman–Crippen LogP) is 3.99. The Morgan fingerprint density at radius 3 is 2.41 bits per heavy atom. The number of H-pyrrole nitrogens is 1. The Bertz CT molecular complexity index is 1110. The molecule has 0 unspecified atom stereocenters. The van der Waals surface area contributed by atoms with Crippen molar-refractivity contribution in [2.24, 2.45) is 0 Å². The lowest BCUT2D eigenvalue weighted by Crippen LogP contribution is -2.27. The molecule has 2 aromatic carbocycles. The summed E-state index contributed by atoms with van der Waals surface area (Å²) in [6.07, 6.45) is -4.24. The Balaban J connectivity index is 1.89. The number of ether oxygens (including phenoxy) is 1. The number of benzene rings is 2. The molecule has 5 nitrogen and oxygen atoms in total. The lowest BCUT2D eigenvalue weighted by molar-refractivity contribution is -0.137. The van der Waals surface area contributed by atoms with Crippen LogP contribution in [0.2, 0.25) is 0 Å². The SMILES string of the molecule is COCc1c(S(=O)(=O)NCCc2ccc(F)cc2)[nH]c2ccc(C(F)(F)F)cc12. The molecule has 0 bridgehead atoms. The first-order chi connectivity index (χ1) is 13.6. The van der Waals surface area contributed by atoms with Crippen molar-refractivity contribution in [3.63, 3.8) is 0 Å². The molecule has 0 atom stereocenters. The van der Waals surface area contributed by atoms with E-state index in [0.29, 0.717) is 6.42 Å². The van der Waals surface area contributed by atoms with Crippen molar-refractivity contribution in [2.75, 3.05) is 13.7 Å². The molecular weight excluding hydrogens is 412 g/mol. The van der Waals surface area contributed by atoms with E-state index < -0.39 is 27.6 Å². The number of hydrogen-bond donors (Lipinski definition) is 2. The highest BCUT2D eigenvalue weighted by Crippen LogP contribution is 2.34. The zero-order chi connectivity index (χ0) is 21.2. The quantitative estimate of drug-likeness (QED) is 0.557. The van der Waals surface area contributed by atoms with Gasteiger partial charge in [0.15, 0.2) is 5.03 Å². The Hall–Kier alpha value is -2.43. The molecule has 0 aliphatic carbocycles. The van der Waals surface area contributed by atoms with Crippen LogP contribution in [-0.4, -0.2) is 27.1 Å². The van der Waals surface area contributed by atoms with Gasteiger partial charge in [0.25, 0.3) is 10.0 Å². The van der Waals surface area contributed by atoms with E-state index in [0.717, 1.165) is 17.7 Å². The molecular formula is C19H18F4N2O3S. The highest BCUT2D eigenvalue weighted by Gasteiger charge is 2.32. The molecule has 0 spiro atoms. The van der Waals surface area contributed by atoms with Crippen molar-refractivity contribution in [3.05, 3.63) is 65.0 Å². The third kappa shape index (κ3) is 4.77. The molecule has 156 valence electrons. The van der Waals surface area contributed by atoms with Gasteiger partial charge in [0.1, 0.15) is 5.82 Å². The molecule has 0 amide bonds. The molecule has 3 aromatic rings. The minimum atomic E-state index is -4.55. The average molecular weight is 430 g/mol. The molecule has 0 radical (unpaired) electrons. The number of methoxy groups -OCH3 is 1. The first-order valence-electron chi connectivity index (χ1n) is 8.56. The van der Waals surface area contributed by atoms with E-state index in [1.54, 1.807) is 12.1 Å².